The van der Waals surface area contributed by atoms with Gasteiger partial charge in [-0.2, -0.15) is 0 Å². The minimum absolute atomic E-state index is 0.514. The number of hydrogen-bond acceptors (Lipinski definition) is 4. The lowest BCUT2D eigenvalue weighted by atomic mass is 10.2. The molecule has 0 aromatic carbocycles. The monoisotopic (exact) mass is 236 g/mol. The summed E-state index contributed by atoms with van der Waals surface area (Å²) in [6.45, 7) is 5.05. The molecule has 2 rings (SSSR count). The molecule has 0 spiro atoms. The average Bonchev–Trinajstić information content (AvgIpc) is 2.27. The van der Waals surface area contributed by atoms with Crippen LogP contribution in [0.15, 0.2) is 23.6 Å². The molecule has 4 nitrogen and oxygen atoms in total. The third-order valence-electron chi connectivity index (χ3n) is 2.40. The summed E-state index contributed by atoms with van der Waals surface area (Å²) in [5, 5.41) is 5.06. The van der Waals surface area contributed by atoms with Crippen LogP contribution >= 0.6 is 11.8 Å². The molecular formula is C11H16N4S. The van der Waals surface area contributed by atoms with Crippen LogP contribution in [0, 0.1) is 0 Å². The predicted molar refractivity (Wildman–Crippen MR) is 67.4 cm³/mol. The van der Waals surface area contributed by atoms with Gasteiger partial charge in [-0.3, -0.25) is 4.99 Å². The molecule has 1 aliphatic rings. The number of aromatic nitrogens is 2. The van der Waals surface area contributed by atoms with E-state index in [4.69, 9.17) is 0 Å². The van der Waals surface area contributed by atoms with Crippen molar-refractivity contribution >= 4 is 16.9 Å². The lowest BCUT2D eigenvalue weighted by Gasteiger charge is -2.26. The Balaban J connectivity index is 1.97. The molecule has 1 aliphatic heterocycles. The molecule has 0 bridgehead atoms. The summed E-state index contributed by atoms with van der Waals surface area (Å²) >= 11 is 1.80. The summed E-state index contributed by atoms with van der Waals surface area (Å²) in [6, 6.07) is 2.41. The van der Waals surface area contributed by atoms with Crippen molar-refractivity contribution in [3.63, 3.8) is 0 Å². The van der Waals surface area contributed by atoms with Crippen molar-refractivity contribution in [2.75, 3.05) is 0 Å². The summed E-state index contributed by atoms with van der Waals surface area (Å²) in [5.74, 6) is 0. The quantitative estimate of drug-likeness (QED) is 0.851. The molecule has 16 heavy (non-hydrogen) atoms. The first-order valence-electron chi connectivity index (χ1n) is 5.46. The molecule has 0 amide bonds. The van der Waals surface area contributed by atoms with Gasteiger partial charge in [0, 0.05) is 17.5 Å². The van der Waals surface area contributed by atoms with E-state index in [-0.39, 0.29) is 0 Å². The molecular weight excluding hydrogens is 220 g/mol. The molecule has 86 valence electrons. The van der Waals surface area contributed by atoms with Crippen LogP contribution in [-0.2, 0) is 6.54 Å². The number of amidine groups is 1. The second-order valence-electron chi connectivity index (χ2n) is 4.03. The van der Waals surface area contributed by atoms with Gasteiger partial charge >= 0.3 is 0 Å². The van der Waals surface area contributed by atoms with Crippen molar-refractivity contribution < 1.29 is 0 Å². The maximum atomic E-state index is 4.53. The normalized spacial score (nSPS) is 27.8. The first-order chi connectivity index (χ1) is 7.74. The van der Waals surface area contributed by atoms with E-state index >= 15 is 0 Å². The second-order valence-corrected chi connectivity index (χ2v) is 5.46. The Morgan fingerprint density at radius 2 is 2.44 bits per heavy atom. The van der Waals surface area contributed by atoms with Gasteiger partial charge in [-0.15, -0.1) is 0 Å². The molecule has 1 aromatic heterocycles. The number of rotatable bonds is 2. The van der Waals surface area contributed by atoms with Crippen LogP contribution in [0.4, 0.5) is 0 Å². The van der Waals surface area contributed by atoms with Crippen LogP contribution in [0.5, 0.6) is 0 Å². The van der Waals surface area contributed by atoms with Crippen LogP contribution in [0.3, 0.4) is 0 Å². The van der Waals surface area contributed by atoms with Crippen molar-refractivity contribution in [2.45, 2.75) is 38.1 Å². The molecule has 0 radical (unpaired) electrons. The van der Waals surface area contributed by atoms with Gasteiger partial charge < -0.3 is 5.32 Å². The van der Waals surface area contributed by atoms with Crippen LogP contribution in [0.2, 0.25) is 0 Å². The maximum absolute atomic E-state index is 4.53. The SMILES string of the molecule is CC1CC(C)SC(=NCc2ccncn2)N1. The van der Waals surface area contributed by atoms with Gasteiger partial charge in [-0.25, -0.2) is 9.97 Å². The Morgan fingerprint density at radius 1 is 1.56 bits per heavy atom. The van der Waals surface area contributed by atoms with Gasteiger partial charge in [0.05, 0.1) is 12.2 Å². The number of nitrogens with zero attached hydrogens (tertiary/aromatic N) is 3. The summed E-state index contributed by atoms with van der Waals surface area (Å²) in [5.41, 5.74) is 0.954. The number of nitrogens with one attached hydrogen (secondary N) is 1. The highest BCUT2D eigenvalue weighted by molar-refractivity contribution is 8.14. The fraction of sp³-hybridized carbons (Fsp3) is 0.545. The largest absolute Gasteiger partial charge is 0.362 e. The third kappa shape index (κ3) is 3.20. The predicted octanol–water partition coefficient (Wildman–Crippen LogP) is 1.84. The minimum atomic E-state index is 0.514. The van der Waals surface area contributed by atoms with E-state index in [1.807, 2.05) is 6.07 Å². The molecule has 0 saturated carbocycles. The van der Waals surface area contributed by atoms with E-state index in [9.17, 15) is 0 Å². The Hall–Kier alpha value is -1.10. The molecule has 2 heterocycles. The van der Waals surface area contributed by atoms with E-state index in [1.54, 1.807) is 24.3 Å². The molecule has 5 heteroatoms. The summed E-state index contributed by atoms with van der Waals surface area (Å²) in [6.07, 6.45) is 4.49. The zero-order chi connectivity index (χ0) is 11.4. The van der Waals surface area contributed by atoms with Gasteiger partial charge in [0.1, 0.15) is 6.33 Å². The smallest absolute Gasteiger partial charge is 0.157 e. The lowest BCUT2D eigenvalue weighted by molar-refractivity contribution is 0.597. The fourth-order valence-corrected chi connectivity index (χ4v) is 2.86. The van der Waals surface area contributed by atoms with Crippen LogP contribution in [0.1, 0.15) is 26.0 Å². The number of thioether (sulfide) groups is 1. The fourth-order valence-electron chi connectivity index (χ4n) is 1.69. The van der Waals surface area contributed by atoms with Crippen molar-refractivity contribution in [1.29, 1.82) is 0 Å². The average molecular weight is 236 g/mol. The zero-order valence-electron chi connectivity index (χ0n) is 9.55. The van der Waals surface area contributed by atoms with Crippen molar-refractivity contribution in [1.82, 2.24) is 15.3 Å². The molecule has 2 atom stereocenters. The zero-order valence-corrected chi connectivity index (χ0v) is 10.4. The molecule has 1 N–H and O–H groups in total. The van der Waals surface area contributed by atoms with Crippen molar-refractivity contribution in [3.8, 4) is 0 Å². The Bertz CT molecular complexity index is 354. The van der Waals surface area contributed by atoms with Crippen LogP contribution in [-0.4, -0.2) is 26.4 Å². The molecule has 1 saturated heterocycles. The van der Waals surface area contributed by atoms with Gasteiger partial charge in [0.15, 0.2) is 5.17 Å². The molecule has 1 aromatic rings. The first-order valence-corrected chi connectivity index (χ1v) is 6.34. The van der Waals surface area contributed by atoms with Gasteiger partial charge in [0.2, 0.25) is 0 Å². The molecule has 0 aliphatic carbocycles. The summed E-state index contributed by atoms with van der Waals surface area (Å²) in [4.78, 5) is 12.6. The molecule has 1 fully saturated rings. The minimum Gasteiger partial charge on any atom is -0.362 e. The van der Waals surface area contributed by atoms with Crippen LogP contribution in [0.25, 0.3) is 0 Å². The Labute approximate surface area is 100.0 Å². The van der Waals surface area contributed by atoms with Crippen molar-refractivity contribution in [2.24, 2.45) is 4.99 Å². The maximum Gasteiger partial charge on any atom is 0.157 e. The topological polar surface area (TPSA) is 50.2 Å². The van der Waals surface area contributed by atoms with E-state index in [2.05, 4.69) is 34.1 Å². The number of aliphatic imine (C=N–C) groups is 1. The van der Waals surface area contributed by atoms with Gasteiger partial charge in [-0.1, -0.05) is 18.7 Å². The van der Waals surface area contributed by atoms with Crippen LogP contribution < -0.4 is 5.32 Å². The van der Waals surface area contributed by atoms with Crippen molar-refractivity contribution in [3.05, 3.63) is 24.3 Å². The van der Waals surface area contributed by atoms with E-state index < -0.39 is 0 Å². The van der Waals surface area contributed by atoms with E-state index in [0.29, 0.717) is 17.8 Å². The third-order valence-corrected chi connectivity index (χ3v) is 3.46. The van der Waals surface area contributed by atoms with E-state index in [0.717, 1.165) is 10.9 Å². The molecule has 2 unspecified atom stereocenters. The lowest BCUT2D eigenvalue weighted by Crippen LogP contribution is -2.38. The van der Waals surface area contributed by atoms with Gasteiger partial charge in [-0.05, 0) is 19.4 Å². The standard InChI is InChI=1S/C11H16N4S/c1-8-5-9(2)16-11(15-8)13-6-10-3-4-12-7-14-10/h3-4,7-9H,5-6H2,1-2H3,(H,13,15). The number of hydrogen-bond donors (Lipinski definition) is 1. The Morgan fingerprint density at radius 3 is 3.12 bits per heavy atom. The van der Waals surface area contributed by atoms with E-state index in [1.165, 1.54) is 6.42 Å². The highest BCUT2D eigenvalue weighted by Gasteiger charge is 2.19. The van der Waals surface area contributed by atoms with Gasteiger partial charge in [0.25, 0.3) is 0 Å². The summed E-state index contributed by atoms with van der Waals surface area (Å²) < 4.78 is 0. The second kappa shape index (κ2) is 5.30. The highest BCUT2D eigenvalue weighted by Crippen LogP contribution is 2.22. The highest BCUT2D eigenvalue weighted by atomic mass is 32.2. The first kappa shape index (κ1) is 11.4. The Kier molecular flexibility index (Phi) is 3.77. The summed E-state index contributed by atoms with van der Waals surface area (Å²) in [7, 11) is 0.